The molecule has 4 aliphatic heterocycles. The van der Waals surface area contributed by atoms with Gasteiger partial charge in [-0.05, 0) is 13.8 Å². The average molecular weight is 676 g/mol. The van der Waals surface area contributed by atoms with Gasteiger partial charge in [-0.25, -0.2) is 0 Å². The Morgan fingerprint density at radius 2 is 1.02 bits per heavy atom. The molecule has 12 N–H and O–H groups in total. The zero-order valence-electron chi connectivity index (χ0n) is 25.1. The van der Waals surface area contributed by atoms with Crippen molar-refractivity contribution in [3.63, 3.8) is 0 Å². The summed E-state index contributed by atoms with van der Waals surface area (Å²) in [5, 5.41) is 117. The highest BCUT2D eigenvalue weighted by Crippen LogP contribution is 2.34. The fraction of sp³-hybridized carbons (Fsp3) is 0.962. The van der Waals surface area contributed by atoms with Crippen LogP contribution in [-0.2, 0) is 38.0 Å². The maximum atomic E-state index is 12.1. The Labute approximate surface area is 262 Å². The second-order valence-corrected chi connectivity index (χ2v) is 11.8. The van der Waals surface area contributed by atoms with Crippen LogP contribution >= 0.6 is 0 Å². The van der Waals surface area contributed by atoms with E-state index in [1.807, 2.05) is 0 Å². The molecule has 1 amide bonds. The number of ether oxygens (including phenoxy) is 7. The molecule has 4 heterocycles. The highest BCUT2D eigenvalue weighted by atomic mass is 16.8. The molecule has 4 rings (SSSR count). The summed E-state index contributed by atoms with van der Waals surface area (Å²) in [6.45, 7) is 2.16. The summed E-state index contributed by atoms with van der Waals surface area (Å²) in [6, 6.07) is -1.49. The van der Waals surface area contributed by atoms with Gasteiger partial charge >= 0.3 is 0 Å². The molecule has 4 saturated heterocycles. The smallest absolute Gasteiger partial charge is 0.217 e. The van der Waals surface area contributed by atoms with Crippen LogP contribution in [-0.4, -0.2) is 198 Å². The first-order valence-electron chi connectivity index (χ1n) is 14.8. The standard InChI is InChI=1S/C26H45NO19/c1-6-12(31)15(34)17(36)24(40-6)45-21-11(27-8(3)30)23(39)42-10(5-29)20(21)44-26-19(38)22(14(33)9(4-28)43-26)46-25-18(37)16(35)13(32)7(2)41-25/h6-7,9-26,28-29,31-39H,4-5H2,1-3H3,(H,27,30)/t6-,7-,9+,10+,11+,12+,13+,14-,15+,16+,17-,18-,19+,20+,21+,22-,23+,24-,25-,26-/m0/s1. The molecule has 46 heavy (non-hydrogen) atoms. The molecule has 0 aromatic heterocycles. The van der Waals surface area contributed by atoms with Crippen LogP contribution in [0.5, 0.6) is 0 Å². The Hall–Kier alpha value is -1.25. The molecular weight excluding hydrogens is 630 g/mol. The monoisotopic (exact) mass is 675 g/mol. The van der Waals surface area contributed by atoms with E-state index in [2.05, 4.69) is 5.32 Å². The number of amides is 1. The molecule has 0 aromatic carbocycles. The van der Waals surface area contributed by atoms with Crippen LogP contribution in [0, 0.1) is 0 Å². The summed E-state index contributed by atoms with van der Waals surface area (Å²) in [5.41, 5.74) is 0. The lowest BCUT2D eigenvalue weighted by Gasteiger charge is -2.50. The minimum Gasteiger partial charge on any atom is -0.394 e. The summed E-state index contributed by atoms with van der Waals surface area (Å²) in [4.78, 5) is 12.1. The second-order valence-electron chi connectivity index (χ2n) is 11.8. The van der Waals surface area contributed by atoms with Gasteiger partial charge in [0.15, 0.2) is 25.2 Å². The number of hydrogen-bond donors (Lipinski definition) is 12. The molecule has 0 radical (unpaired) electrons. The Morgan fingerprint density at radius 1 is 0.565 bits per heavy atom. The van der Waals surface area contributed by atoms with E-state index in [4.69, 9.17) is 33.2 Å². The van der Waals surface area contributed by atoms with Crippen molar-refractivity contribution in [3.8, 4) is 0 Å². The third kappa shape index (κ3) is 7.64. The van der Waals surface area contributed by atoms with Gasteiger partial charge in [-0.3, -0.25) is 4.79 Å². The van der Waals surface area contributed by atoms with E-state index in [9.17, 15) is 61.0 Å². The largest absolute Gasteiger partial charge is 0.394 e. The van der Waals surface area contributed by atoms with Crippen molar-refractivity contribution >= 4 is 5.91 Å². The summed E-state index contributed by atoms with van der Waals surface area (Å²) in [6.07, 6.45) is -31.0. The summed E-state index contributed by atoms with van der Waals surface area (Å²) >= 11 is 0. The van der Waals surface area contributed by atoms with E-state index >= 15 is 0 Å². The first-order valence-corrected chi connectivity index (χ1v) is 14.8. The van der Waals surface area contributed by atoms with Crippen molar-refractivity contribution in [3.05, 3.63) is 0 Å². The second kappa shape index (κ2) is 15.5. The SMILES string of the molecule is CC(=O)N[C@@H]1[C@@H](O[C@@H]2O[C@@H](C)[C@@H](O)[C@@H](O)[C@@H]2O)[C@H](O[C@@H]2O[C@H](CO)[C@H](O)[C@H](O[C@@H]3O[C@@H](C)[C@@H](O)[C@@H](O)[C@@H]3O)[C@H]2O)[C@@H](CO)O[C@H]1O. The van der Waals surface area contributed by atoms with Crippen LogP contribution in [0.3, 0.4) is 0 Å². The van der Waals surface area contributed by atoms with Crippen molar-refractivity contribution in [2.45, 2.75) is 144 Å². The molecule has 4 fully saturated rings. The summed E-state index contributed by atoms with van der Waals surface area (Å²) in [7, 11) is 0. The first kappa shape index (κ1) is 37.6. The van der Waals surface area contributed by atoms with E-state index in [1.165, 1.54) is 13.8 Å². The van der Waals surface area contributed by atoms with Gasteiger partial charge in [0, 0.05) is 6.92 Å². The average Bonchev–Trinajstić information content (AvgIpc) is 3.01. The van der Waals surface area contributed by atoms with Gasteiger partial charge < -0.3 is 94.6 Å². The maximum absolute atomic E-state index is 12.1. The number of rotatable bonds is 9. The van der Waals surface area contributed by atoms with Gasteiger partial charge in [0.05, 0.1) is 25.4 Å². The van der Waals surface area contributed by atoms with Gasteiger partial charge in [-0.15, -0.1) is 0 Å². The van der Waals surface area contributed by atoms with Gasteiger partial charge in [-0.1, -0.05) is 0 Å². The van der Waals surface area contributed by atoms with E-state index in [0.29, 0.717) is 0 Å². The molecule has 20 atom stereocenters. The number of nitrogens with one attached hydrogen (secondary N) is 1. The highest BCUT2D eigenvalue weighted by molar-refractivity contribution is 5.73. The molecular formula is C26H45NO19. The third-order valence-corrected chi connectivity index (χ3v) is 8.53. The van der Waals surface area contributed by atoms with Crippen LogP contribution < -0.4 is 5.32 Å². The van der Waals surface area contributed by atoms with Gasteiger partial charge in [-0.2, -0.15) is 0 Å². The molecule has 20 nitrogen and oxygen atoms in total. The van der Waals surface area contributed by atoms with Crippen LogP contribution in [0.2, 0.25) is 0 Å². The Morgan fingerprint density at radius 3 is 1.50 bits per heavy atom. The van der Waals surface area contributed by atoms with Crippen molar-refractivity contribution in [1.82, 2.24) is 5.32 Å². The van der Waals surface area contributed by atoms with Crippen molar-refractivity contribution in [2.24, 2.45) is 0 Å². The lowest BCUT2D eigenvalue weighted by Crippen LogP contribution is -2.69. The Kier molecular flexibility index (Phi) is 12.7. The quantitative estimate of drug-likeness (QED) is 0.108. The van der Waals surface area contributed by atoms with Crippen molar-refractivity contribution in [1.29, 1.82) is 0 Å². The molecule has 4 aliphatic rings. The van der Waals surface area contributed by atoms with Gasteiger partial charge in [0.1, 0.15) is 85.4 Å². The maximum Gasteiger partial charge on any atom is 0.217 e. The van der Waals surface area contributed by atoms with E-state index in [1.54, 1.807) is 0 Å². The lowest BCUT2D eigenvalue weighted by molar-refractivity contribution is -0.384. The molecule has 0 saturated carbocycles. The molecule has 0 spiro atoms. The minimum absolute atomic E-state index is 0.685. The number of hydrogen-bond acceptors (Lipinski definition) is 19. The Balaban J connectivity index is 1.63. The van der Waals surface area contributed by atoms with Crippen LogP contribution in [0.15, 0.2) is 0 Å². The fourth-order valence-electron chi connectivity index (χ4n) is 5.82. The number of carbonyl (C=O) groups is 1. The molecule has 0 bridgehead atoms. The van der Waals surface area contributed by atoms with Crippen LogP contribution in [0.4, 0.5) is 0 Å². The molecule has 268 valence electrons. The van der Waals surface area contributed by atoms with E-state index < -0.39 is 142 Å². The van der Waals surface area contributed by atoms with E-state index in [-0.39, 0.29) is 0 Å². The lowest BCUT2D eigenvalue weighted by atomic mass is 9.94. The molecule has 0 unspecified atom stereocenters. The Bertz CT molecular complexity index is 997. The fourth-order valence-corrected chi connectivity index (χ4v) is 5.82. The molecule has 0 aliphatic carbocycles. The van der Waals surface area contributed by atoms with Crippen LogP contribution in [0.1, 0.15) is 20.8 Å². The van der Waals surface area contributed by atoms with Crippen molar-refractivity contribution in [2.75, 3.05) is 13.2 Å². The van der Waals surface area contributed by atoms with Crippen molar-refractivity contribution < 1.29 is 94.1 Å². The summed E-state index contributed by atoms with van der Waals surface area (Å²) < 4.78 is 39.4. The normalized spacial score (nSPS) is 51.9. The first-order chi connectivity index (χ1) is 21.6. The highest BCUT2D eigenvalue weighted by Gasteiger charge is 2.55. The molecule has 20 heteroatoms. The van der Waals surface area contributed by atoms with Crippen LogP contribution in [0.25, 0.3) is 0 Å². The van der Waals surface area contributed by atoms with E-state index in [0.717, 1.165) is 6.92 Å². The summed E-state index contributed by atoms with van der Waals surface area (Å²) in [5.74, 6) is -0.685. The number of carbonyl (C=O) groups excluding carboxylic acids is 1. The third-order valence-electron chi connectivity index (χ3n) is 8.53. The zero-order valence-corrected chi connectivity index (χ0v) is 25.1. The number of aliphatic hydroxyl groups is 11. The molecule has 0 aromatic rings. The number of aliphatic hydroxyl groups excluding tert-OH is 11. The predicted octanol–water partition coefficient (Wildman–Crippen LogP) is -7.55. The zero-order chi connectivity index (χ0) is 34.2. The topological polar surface area (TPSA) is 316 Å². The van der Waals surface area contributed by atoms with Gasteiger partial charge in [0.2, 0.25) is 5.91 Å². The minimum atomic E-state index is -1.97. The van der Waals surface area contributed by atoms with Gasteiger partial charge in [0.25, 0.3) is 0 Å². The predicted molar refractivity (Wildman–Crippen MR) is 143 cm³/mol.